The van der Waals surface area contributed by atoms with Crippen LogP contribution in [0.3, 0.4) is 0 Å². The predicted octanol–water partition coefficient (Wildman–Crippen LogP) is 1.75. The molecule has 1 heterocycles. The Bertz CT molecular complexity index is 362. The summed E-state index contributed by atoms with van der Waals surface area (Å²) in [6, 6.07) is 0.349. The molecule has 0 saturated heterocycles. The molecule has 1 saturated carbocycles. The van der Waals surface area contributed by atoms with Gasteiger partial charge in [0.1, 0.15) is 12.0 Å². The van der Waals surface area contributed by atoms with Crippen LogP contribution in [0.2, 0.25) is 0 Å². The van der Waals surface area contributed by atoms with Gasteiger partial charge in [0.05, 0.1) is 6.04 Å². The monoisotopic (exact) mass is 242 g/mol. The fourth-order valence-corrected chi connectivity index (χ4v) is 2.41. The third kappa shape index (κ3) is 2.72. The second kappa shape index (κ2) is 5.29. The first-order valence-electron chi connectivity index (χ1n) is 5.40. The zero-order valence-corrected chi connectivity index (χ0v) is 9.94. The lowest BCUT2D eigenvalue weighted by Gasteiger charge is -2.21. The van der Waals surface area contributed by atoms with E-state index in [1.807, 2.05) is 0 Å². The fourth-order valence-electron chi connectivity index (χ4n) is 1.89. The third-order valence-electron chi connectivity index (χ3n) is 2.62. The van der Waals surface area contributed by atoms with Crippen LogP contribution < -0.4 is 0 Å². The molecule has 0 radical (unpaired) electrons. The first-order valence-corrected chi connectivity index (χ1v) is 6.14. The highest BCUT2D eigenvalue weighted by atomic mass is 32.2. The van der Waals surface area contributed by atoms with Crippen molar-refractivity contribution < 1.29 is 8.98 Å². The van der Waals surface area contributed by atoms with Crippen molar-refractivity contribution in [2.75, 3.05) is 0 Å². The van der Waals surface area contributed by atoms with Gasteiger partial charge in [-0.3, -0.25) is 4.79 Å². The second-order valence-electron chi connectivity index (χ2n) is 3.86. The molecule has 7 heteroatoms. The van der Waals surface area contributed by atoms with Crippen molar-refractivity contribution in [1.29, 1.82) is 0 Å². The van der Waals surface area contributed by atoms with E-state index in [4.69, 9.17) is 4.18 Å². The minimum Gasteiger partial charge on any atom is -0.383 e. The summed E-state index contributed by atoms with van der Waals surface area (Å²) in [5, 5.41) is 12.0. The van der Waals surface area contributed by atoms with Crippen molar-refractivity contribution in [2.24, 2.45) is 0 Å². The van der Waals surface area contributed by atoms with Crippen LogP contribution in [-0.2, 0) is 8.98 Å². The summed E-state index contributed by atoms with van der Waals surface area (Å²) in [5.41, 5.74) is 0. The Labute approximate surface area is 97.9 Å². The molecule has 6 nitrogen and oxygen atoms in total. The lowest BCUT2D eigenvalue weighted by molar-refractivity contribution is -0.130. The van der Waals surface area contributed by atoms with Gasteiger partial charge in [-0.15, -0.1) is 0 Å². The van der Waals surface area contributed by atoms with Gasteiger partial charge in [-0.1, -0.05) is 24.4 Å². The van der Waals surface area contributed by atoms with Crippen LogP contribution in [-0.4, -0.2) is 26.2 Å². The van der Waals surface area contributed by atoms with E-state index in [2.05, 4.69) is 15.5 Å². The lowest BCUT2D eigenvalue weighted by Crippen LogP contribution is -2.15. The predicted molar refractivity (Wildman–Crippen MR) is 57.6 cm³/mol. The minimum absolute atomic E-state index is 0.344. The first-order chi connectivity index (χ1) is 7.77. The maximum absolute atomic E-state index is 10.7. The van der Waals surface area contributed by atoms with Crippen molar-refractivity contribution in [1.82, 2.24) is 20.2 Å². The number of aromatic nitrogens is 4. The summed E-state index contributed by atoms with van der Waals surface area (Å²) in [5.74, 6) is -0.344. The Morgan fingerprint density at radius 3 is 2.88 bits per heavy atom. The molecule has 0 atom stereocenters. The van der Waals surface area contributed by atoms with E-state index >= 15 is 0 Å². The molecule has 2 rings (SSSR count). The molecule has 1 aromatic heterocycles. The quantitative estimate of drug-likeness (QED) is 0.752. The molecule has 1 aromatic rings. The molecular formula is C9H14N4O2S. The Morgan fingerprint density at radius 2 is 2.19 bits per heavy atom. The Kier molecular flexibility index (Phi) is 3.76. The van der Waals surface area contributed by atoms with E-state index in [0.29, 0.717) is 11.2 Å². The smallest absolute Gasteiger partial charge is 0.315 e. The average molecular weight is 242 g/mol. The highest BCUT2D eigenvalue weighted by molar-refractivity contribution is 7.94. The molecule has 16 heavy (non-hydrogen) atoms. The Hall–Kier alpha value is -1.11. The third-order valence-corrected chi connectivity index (χ3v) is 3.35. The summed E-state index contributed by atoms with van der Waals surface area (Å²) in [7, 11) is 0. The van der Waals surface area contributed by atoms with Crippen LogP contribution in [0.4, 0.5) is 0 Å². The van der Waals surface area contributed by atoms with Gasteiger partial charge >= 0.3 is 5.97 Å². The van der Waals surface area contributed by atoms with E-state index in [1.54, 1.807) is 4.68 Å². The van der Waals surface area contributed by atoms with Gasteiger partial charge in [0.25, 0.3) is 0 Å². The van der Waals surface area contributed by atoms with Gasteiger partial charge in [0.2, 0.25) is 5.16 Å². The highest BCUT2D eigenvalue weighted by Gasteiger charge is 2.21. The van der Waals surface area contributed by atoms with Crippen molar-refractivity contribution >= 4 is 18.0 Å². The maximum Gasteiger partial charge on any atom is 0.315 e. The summed E-state index contributed by atoms with van der Waals surface area (Å²) >= 11 is 0.933. The van der Waals surface area contributed by atoms with Crippen molar-refractivity contribution in [2.45, 2.75) is 50.2 Å². The largest absolute Gasteiger partial charge is 0.383 e. The number of hydrogen-bond donors (Lipinski definition) is 0. The summed E-state index contributed by atoms with van der Waals surface area (Å²) in [6.45, 7) is 1.36. The Balaban J connectivity index is 2.02. The number of nitrogens with zero attached hydrogens (tertiary/aromatic N) is 4. The normalized spacial score (nSPS) is 17.3. The molecule has 0 unspecified atom stereocenters. The summed E-state index contributed by atoms with van der Waals surface area (Å²) in [6.07, 6.45) is 5.90. The molecule has 0 N–H and O–H groups in total. The zero-order valence-electron chi connectivity index (χ0n) is 9.13. The van der Waals surface area contributed by atoms with Gasteiger partial charge in [0.15, 0.2) is 0 Å². The number of carbonyl (C=O) groups excluding carboxylic acids is 1. The van der Waals surface area contributed by atoms with Gasteiger partial charge in [-0.25, -0.2) is 4.68 Å². The Morgan fingerprint density at radius 1 is 1.44 bits per heavy atom. The van der Waals surface area contributed by atoms with E-state index in [0.717, 1.165) is 24.9 Å². The first kappa shape index (κ1) is 11.4. The molecule has 0 aromatic carbocycles. The number of hydrogen-bond acceptors (Lipinski definition) is 6. The van der Waals surface area contributed by atoms with Crippen LogP contribution in [0.25, 0.3) is 0 Å². The van der Waals surface area contributed by atoms with E-state index < -0.39 is 0 Å². The molecule has 0 bridgehead atoms. The molecule has 1 aliphatic carbocycles. The van der Waals surface area contributed by atoms with Crippen molar-refractivity contribution in [3.8, 4) is 0 Å². The fraction of sp³-hybridized carbons (Fsp3) is 0.778. The minimum atomic E-state index is -0.344. The average Bonchev–Trinajstić information content (AvgIpc) is 2.75. The molecule has 1 aliphatic rings. The van der Waals surface area contributed by atoms with E-state index in [9.17, 15) is 4.79 Å². The second-order valence-corrected chi connectivity index (χ2v) is 4.55. The van der Waals surface area contributed by atoms with Crippen LogP contribution in [0, 0.1) is 0 Å². The van der Waals surface area contributed by atoms with Gasteiger partial charge in [0, 0.05) is 6.92 Å². The van der Waals surface area contributed by atoms with Gasteiger partial charge in [-0.2, -0.15) is 0 Å². The summed E-state index contributed by atoms with van der Waals surface area (Å²) in [4.78, 5) is 10.7. The summed E-state index contributed by atoms with van der Waals surface area (Å²) < 4.78 is 6.60. The molecular weight excluding hydrogens is 228 g/mol. The zero-order chi connectivity index (χ0) is 11.4. The van der Waals surface area contributed by atoms with Crippen LogP contribution in [0.1, 0.15) is 45.1 Å². The van der Waals surface area contributed by atoms with Gasteiger partial charge in [-0.05, 0) is 23.3 Å². The lowest BCUT2D eigenvalue weighted by atomic mass is 9.96. The molecule has 88 valence electrons. The van der Waals surface area contributed by atoms with Crippen LogP contribution >= 0.6 is 12.0 Å². The molecule has 1 fully saturated rings. The molecule has 0 amide bonds. The SMILES string of the molecule is CC(=O)OSc1nnnn1C1CCCCC1. The molecule has 0 aliphatic heterocycles. The van der Waals surface area contributed by atoms with Crippen molar-refractivity contribution in [3.05, 3.63) is 0 Å². The van der Waals surface area contributed by atoms with E-state index in [-0.39, 0.29) is 5.97 Å². The standard InChI is InChI=1S/C9H14N4O2S/c1-7(14)15-16-9-10-11-12-13(9)8-5-3-2-4-6-8/h8H,2-6H2,1H3. The number of tetrazole rings is 1. The van der Waals surface area contributed by atoms with E-state index in [1.165, 1.54) is 26.2 Å². The van der Waals surface area contributed by atoms with Crippen molar-refractivity contribution in [3.63, 3.8) is 0 Å². The van der Waals surface area contributed by atoms with Crippen LogP contribution in [0.15, 0.2) is 5.16 Å². The number of rotatable bonds is 3. The van der Waals surface area contributed by atoms with Crippen LogP contribution in [0.5, 0.6) is 0 Å². The molecule has 0 spiro atoms. The number of carbonyl (C=O) groups is 1. The highest BCUT2D eigenvalue weighted by Crippen LogP contribution is 2.30. The maximum atomic E-state index is 10.7. The van der Waals surface area contributed by atoms with Gasteiger partial charge < -0.3 is 4.18 Å². The topological polar surface area (TPSA) is 69.9 Å².